The Morgan fingerprint density at radius 2 is 2.00 bits per heavy atom. The van der Waals surface area contributed by atoms with E-state index < -0.39 is 12.0 Å². The first-order chi connectivity index (χ1) is 7.10. The highest BCUT2D eigenvalue weighted by atomic mass is 19.3. The lowest BCUT2D eigenvalue weighted by atomic mass is 10.0. The molecule has 0 aromatic heterocycles. The van der Waals surface area contributed by atoms with Gasteiger partial charge in [-0.25, -0.2) is 8.78 Å². The van der Waals surface area contributed by atoms with Crippen molar-refractivity contribution >= 4 is 0 Å². The number of halogens is 2. The minimum Gasteiger partial charge on any atom is -0.371 e. The maximum absolute atomic E-state index is 13.6. The number of hydrogen-bond acceptors (Lipinski definition) is 1. The van der Waals surface area contributed by atoms with Gasteiger partial charge in [0, 0.05) is 13.5 Å². The predicted octanol–water partition coefficient (Wildman–Crippen LogP) is 3.07. The molecule has 3 heteroatoms. The summed E-state index contributed by atoms with van der Waals surface area (Å²) in [5.41, 5.74) is 0.589. The van der Waals surface area contributed by atoms with E-state index in [1.54, 1.807) is 30.3 Å². The van der Waals surface area contributed by atoms with Crippen LogP contribution in [0.5, 0.6) is 0 Å². The zero-order valence-electron chi connectivity index (χ0n) is 8.62. The van der Waals surface area contributed by atoms with Gasteiger partial charge in [0.25, 0.3) is 5.92 Å². The Bertz CT molecular complexity index is 309. The Kier molecular flexibility index (Phi) is 3.97. The quantitative estimate of drug-likeness (QED) is 0.681. The lowest BCUT2D eigenvalue weighted by Crippen LogP contribution is -2.35. The summed E-state index contributed by atoms with van der Waals surface area (Å²) in [4.78, 5) is 0. The van der Waals surface area contributed by atoms with E-state index in [9.17, 15) is 8.78 Å². The SMILES string of the molecule is C=CC(OC)C(F)(F)Cc1ccccc1. The van der Waals surface area contributed by atoms with Gasteiger partial charge < -0.3 is 4.74 Å². The fourth-order valence-corrected chi connectivity index (χ4v) is 1.41. The van der Waals surface area contributed by atoms with Crippen LogP contribution in [0, 0.1) is 0 Å². The number of rotatable bonds is 5. The molecule has 0 spiro atoms. The Labute approximate surface area is 88.4 Å². The lowest BCUT2D eigenvalue weighted by molar-refractivity contribution is -0.101. The van der Waals surface area contributed by atoms with Crippen LogP contribution in [0.4, 0.5) is 8.78 Å². The highest BCUT2D eigenvalue weighted by Gasteiger charge is 2.37. The second-order valence-corrected chi connectivity index (χ2v) is 3.32. The van der Waals surface area contributed by atoms with Crippen LogP contribution >= 0.6 is 0 Å². The Hall–Kier alpha value is -1.22. The van der Waals surface area contributed by atoms with Crippen LogP contribution in [0.3, 0.4) is 0 Å². The van der Waals surface area contributed by atoms with Gasteiger partial charge in [0.2, 0.25) is 0 Å². The zero-order valence-corrected chi connectivity index (χ0v) is 8.62. The van der Waals surface area contributed by atoms with Crippen molar-refractivity contribution in [3.8, 4) is 0 Å². The number of benzene rings is 1. The Morgan fingerprint density at radius 3 is 2.47 bits per heavy atom. The zero-order chi connectivity index (χ0) is 11.3. The second-order valence-electron chi connectivity index (χ2n) is 3.32. The average molecular weight is 212 g/mol. The third-order valence-corrected chi connectivity index (χ3v) is 2.17. The number of hydrogen-bond donors (Lipinski definition) is 0. The molecule has 0 amide bonds. The molecule has 0 saturated heterocycles. The molecule has 0 N–H and O–H groups in total. The summed E-state index contributed by atoms with van der Waals surface area (Å²) in [6.07, 6.45) is -0.445. The van der Waals surface area contributed by atoms with E-state index >= 15 is 0 Å². The van der Waals surface area contributed by atoms with E-state index in [-0.39, 0.29) is 6.42 Å². The van der Waals surface area contributed by atoms with Gasteiger partial charge in [-0.1, -0.05) is 36.4 Å². The minimum atomic E-state index is -2.92. The molecule has 1 atom stereocenters. The van der Waals surface area contributed by atoms with Crippen molar-refractivity contribution in [2.75, 3.05) is 7.11 Å². The lowest BCUT2D eigenvalue weighted by Gasteiger charge is -2.22. The molecule has 15 heavy (non-hydrogen) atoms. The minimum absolute atomic E-state index is 0.335. The molecule has 1 aromatic carbocycles. The van der Waals surface area contributed by atoms with E-state index in [2.05, 4.69) is 11.3 Å². The highest BCUT2D eigenvalue weighted by Crippen LogP contribution is 2.26. The van der Waals surface area contributed by atoms with Crippen LogP contribution in [-0.2, 0) is 11.2 Å². The van der Waals surface area contributed by atoms with Crippen LogP contribution in [-0.4, -0.2) is 19.1 Å². The molecule has 0 fully saturated rings. The van der Waals surface area contributed by atoms with Crippen molar-refractivity contribution < 1.29 is 13.5 Å². The van der Waals surface area contributed by atoms with Crippen molar-refractivity contribution in [3.63, 3.8) is 0 Å². The maximum Gasteiger partial charge on any atom is 0.281 e. The largest absolute Gasteiger partial charge is 0.371 e. The molecule has 0 heterocycles. The van der Waals surface area contributed by atoms with Crippen LogP contribution in [0.2, 0.25) is 0 Å². The maximum atomic E-state index is 13.6. The van der Waals surface area contributed by atoms with Crippen molar-refractivity contribution in [2.24, 2.45) is 0 Å². The molecule has 0 aliphatic rings. The standard InChI is InChI=1S/C12H14F2O/c1-3-11(15-2)12(13,14)9-10-7-5-4-6-8-10/h3-8,11H,1,9H2,2H3. The van der Waals surface area contributed by atoms with Crippen molar-refractivity contribution in [2.45, 2.75) is 18.4 Å². The molecular formula is C12H14F2O. The normalized spacial score (nSPS) is 13.5. The molecule has 0 bridgehead atoms. The van der Waals surface area contributed by atoms with Gasteiger partial charge >= 0.3 is 0 Å². The van der Waals surface area contributed by atoms with Gasteiger partial charge in [0.1, 0.15) is 6.10 Å². The van der Waals surface area contributed by atoms with Gasteiger partial charge in [-0.2, -0.15) is 0 Å². The molecule has 0 radical (unpaired) electrons. The summed E-state index contributed by atoms with van der Waals surface area (Å²) < 4.78 is 31.8. The number of alkyl halides is 2. The Morgan fingerprint density at radius 1 is 1.40 bits per heavy atom. The topological polar surface area (TPSA) is 9.23 Å². The van der Waals surface area contributed by atoms with Gasteiger partial charge in [0.05, 0.1) is 0 Å². The molecule has 0 aliphatic heterocycles. The molecular weight excluding hydrogens is 198 g/mol. The third-order valence-electron chi connectivity index (χ3n) is 2.17. The summed E-state index contributed by atoms with van der Waals surface area (Å²) in [6.45, 7) is 3.33. The molecule has 0 aliphatic carbocycles. The summed E-state index contributed by atoms with van der Waals surface area (Å²) in [7, 11) is 1.26. The number of ether oxygens (including phenoxy) is 1. The summed E-state index contributed by atoms with van der Waals surface area (Å²) in [6, 6.07) is 8.61. The molecule has 82 valence electrons. The summed E-state index contributed by atoms with van der Waals surface area (Å²) in [5, 5.41) is 0. The van der Waals surface area contributed by atoms with Crippen molar-refractivity contribution in [3.05, 3.63) is 48.6 Å². The molecule has 1 aromatic rings. The monoisotopic (exact) mass is 212 g/mol. The van der Waals surface area contributed by atoms with Gasteiger partial charge in [0.15, 0.2) is 0 Å². The second kappa shape index (κ2) is 5.03. The van der Waals surface area contributed by atoms with Crippen LogP contribution in [0.1, 0.15) is 5.56 Å². The molecule has 1 rings (SSSR count). The van der Waals surface area contributed by atoms with Gasteiger partial charge in [-0.15, -0.1) is 6.58 Å². The summed E-state index contributed by atoms with van der Waals surface area (Å²) in [5.74, 6) is -2.92. The summed E-state index contributed by atoms with van der Waals surface area (Å²) >= 11 is 0. The van der Waals surface area contributed by atoms with Crippen molar-refractivity contribution in [1.82, 2.24) is 0 Å². The van der Waals surface area contributed by atoms with Crippen molar-refractivity contribution in [1.29, 1.82) is 0 Å². The Balaban J connectivity index is 2.75. The fourth-order valence-electron chi connectivity index (χ4n) is 1.41. The smallest absolute Gasteiger partial charge is 0.281 e. The van der Waals surface area contributed by atoms with E-state index in [0.29, 0.717) is 5.56 Å². The first-order valence-corrected chi connectivity index (χ1v) is 4.67. The molecule has 1 nitrogen and oxygen atoms in total. The number of methoxy groups -OCH3 is 1. The van der Waals surface area contributed by atoms with E-state index in [1.807, 2.05) is 0 Å². The third kappa shape index (κ3) is 3.13. The van der Waals surface area contributed by atoms with Crippen LogP contribution < -0.4 is 0 Å². The fraction of sp³-hybridized carbons (Fsp3) is 0.333. The van der Waals surface area contributed by atoms with E-state index in [1.165, 1.54) is 7.11 Å². The first-order valence-electron chi connectivity index (χ1n) is 4.67. The van der Waals surface area contributed by atoms with Gasteiger partial charge in [-0.05, 0) is 5.56 Å². The van der Waals surface area contributed by atoms with Crippen LogP contribution in [0.15, 0.2) is 43.0 Å². The first kappa shape index (κ1) is 11.9. The average Bonchev–Trinajstić information content (AvgIpc) is 2.19. The predicted molar refractivity (Wildman–Crippen MR) is 56.1 cm³/mol. The highest BCUT2D eigenvalue weighted by molar-refractivity contribution is 5.17. The van der Waals surface area contributed by atoms with E-state index in [0.717, 1.165) is 6.08 Å². The van der Waals surface area contributed by atoms with Gasteiger partial charge in [-0.3, -0.25) is 0 Å². The molecule has 0 saturated carbocycles. The molecule has 1 unspecified atom stereocenters. The van der Waals surface area contributed by atoms with Crippen LogP contribution in [0.25, 0.3) is 0 Å². The van der Waals surface area contributed by atoms with E-state index in [4.69, 9.17) is 0 Å².